The second kappa shape index (κ2) is 7.18. The molecule has 14 heavy (non-hydrogen) atoms. The van der Waals surface area contributed by atoms with Crippen molar-refractivity contribution in [3.63, 3.8) is 0 Å². The van der Waals surface area contributed by atoms with E-state index in [0.29, 0.717) is 0 Å². The van der Waals surface area contributed by atoms with Crippen LogP contribution in [0.3, 0.4) is 0 Å². The molecule has 0 radical (unpaired) electrons. The van der Waals surface area contributed by atoms with E-state index in [9.17, 15) is 4.57 Å². The maximum absolute atomic E-state index is 10.4. The third kappa shape index (κ3) is 8.45. The zero-order valence-electron chi connectivity index (χ0n) is 8.77. The van der Waals surface area contributed by atoms with Crippen LogP contribution in [0, 0.1) is 0 Å². The third-order valence-corrected chi connectivity index (χ3v) is 2.24. The van der Waals surface area contributed by atoms with Crippen LogP contribution in [-0.4, -0.2) is 16.4 Å². The fourth-order valence-electron chi connectivity index (χ4n) is 1.22. The molecule has 0 aromatic heterocycles. The molecule has 0 spiro atoms. The van der Waals surface area contributed by atoms with Crippen molar-refractivity contribution in [1.29, 1.82) is 0 Å². The van der Waals surface area contributed by atoms with E-state index < -0.39 is 7.82 Å². The van der Waals surface area contributed by atoms with E-state index in [2.05, 4.69) is 18.4 Å². The molecule has 0 aromatic rings. The average Bonchev–Trinajstić information content (AvgIpc) is 2.02. The standard InChI is InChI=1S/C9H19O4P/c1-3-5-9(6-4-2)7-8-13-14(10,11)12/h7H,3-6,8H2,1-2H3,(H2,10,11,12). The molecule has 0 aliphatic carbocycles. The van der Waals surface area contributed by atoms with Gasteiger partial charge in [0.15, 0.2) is 0 Å². The van der Waals surface area contributed by atoms with Crippen molar-refractivity contribution in [2.24, 2.45) is 0 Å². The first kappa shape index (κ1) is 13.8. The average molecular weight is 222 g/mol. The number of hydrogen-bond acceptors (Lipinski definition) is 2. The molecular formula is C9H19O4P. The first-order valence-electron chi connectivity index (χ1n) is 4.87. The van der Waals surface area contributed by atoms with Crippen LogP contribution in [0.1, 0.15) is 39.5 Å². The second-order valence-corrected chi connectivity index (χ2v) is 4.39. The third-order valence-electron chi connectivity index (χ3n) is 1.76. The van der Waals surface area contributed by atoms with Gasteiger partial charge in [0.05, 0.1) is 6.61 Å². The SMILES string of the molecule is CCCC(=CCOP(=O)(O)O)CCC. The summed E-state index contributed by atoms with van der Waals surface area (Å²) in [5.41, 5.74) is 1.21. The summed E-state index contributed by atoms with van der Waals surface area (Å²) < 4.78 is 14.7. The fourth-order valence-corrected chi connectivity index (χ4v) is 1.49. The van der Waals surface area contributed by atoms with Crippen molar-refractivity contribution >= 4 is 7.82 Å². The largest absolute Gasteiger partial charge is 0.469 e. The first-order chi connectivity index (χ1) is 6.49. The van der Waals surface area contributed by atoms with Crippen molar-refractivity contribution < 1.29 is 18.9 Å². The minimum Gasteiger partial charge on any atom is -0.303 e. The highest BCUT2D eigenvalue weighted by molar-refractivity contribution is 7.46. The molecule has 0 saturated carbocycles. The molecule has 0 rings (SSSR count). The summed E-state index contributed by atoms with van der Waals surface area (Å²) in [6, 6.07) is 0. The highest BCUT2D eigenvalue weighted by atomic mass is 31.2. The molecule has 0 bridgehead atoms. The lowest BCUT2D eigenvalue weighted by Crippen LogP contribution is -1.91. The predicted octanol–water partition coefficient (Wildman–Crippen LogP) is 2.62. The van der Waals surface area contributed by atoms with Crippen LogP contribution in [0.2, 0.25) is 0 Å². The zero-order chi connectivity index (χ0) is 11.0. The van der Waals surface area contributed by atoms with E-state index in [4.69, 9.17) is 9.79 Å². The molecule has 0 aliphatic heterocycles. The number of allylic oxidation sites excluding steroid dienone is 1. The lowest BCUT2D eigenvalue weighted by atomic mass is 10.1. The summed E-state index contributed by atoms with van der Waals surface area (Å²) >= 11 is 0. The van der Waals surface area contributed by atoms with Gasteiger partial charge in [-0.15, -0.1) is 0 Å². The second-order valence-electron chi connectivity index (χ2n) is 3.15. The zero-order valence-corrected chi connectivity index (χ0v) is 9.67. The van der Waals surface area contributed by atoms with Crippen molar-refractivity contribution in [1.82, 2.24) is 0 Å². The molecule has 0 aromatic carbocycles. The van der Waals surface area contributed by atoms with Crippen LogP contribution in [0.25, 0.3) is 0 Å². The fraction of sp³-hybridized carbons (Fsp3) is 0.778. The molecule has 0 atom stereocenters. The monoisotopic (exact) mass is 222 g/mol. The Morgan fingerprint density at radius 2 is 1.79 bits per heavy atom. The predicted molar refractivity (Wildman–Crippen MR) is 55.9 cm³/mol. The molecule has 5 heteroatoms. The van der Waals surface area contributed by atoms with Crippen molar-refractivity contribution in [2.75, 3.05) is 6.61 Å². The summed E-state index contributed by atoms with van der Waals surface area (Å²) in [5, 5.41) is 0. The lowest BCUT2D eigenvalue weighted by molar-refractivity contribution is 0.215. The Morgan fingerprint density at radius 1 is 1.29 bits per heavy atom. The topological polar surface area (TPSA) is 66.8 Å². The van der Waals surface area contributed by atoms with E-state index in [1.807, 2.05) is 0 Å². The molecule has 0 aliphatic rings. The van der Waals surface area contributed by atoms with E-state index in [0.717, 1.165) is 25.7 Å². The molecule has 0 unspecified atom stereocenters. The Balaban J connectivity index is 3.96. The minimum absolute atomic E-state index is 0.000386. The Labute approximate surface area is 85.2 Å². The Bertz CT molecular complexity index is 211. The summed E-state index contributed by atoms with van der Waals surface area (Å²) in [7, 11) is -4.30. The van der Waals surface area contributed by atoms with Crippen molar-refractivity contribution in [2.45, 2.75) is 39.5 Å². The first-order valence-corrected chi connectivity index (χ1v) is 6.40. The van der Waals surface area contributed by atoms with E-state index >= 15 is 0 Å². The van der Waals surface area contributed by atoms with Gasteiger partial charge in [-0.25, -0.2) is 4.57 Å². The summed E-state index contributed by atoms with van der Waals surface area (Å²) in [4.78, 5) is 16.9. The summed E-state index contributed by atoms with van der Waals surface area (Å²) in [5.74, 6) is 0. The Hall–Kier alpha value is -0.150. The van der Waals surface area contributed by atoms with Gasteiger partial charge in [-0.1, -0.05) is 38.3 Å². The molecule has 84 valence electrons. The molecule has 4 nitrogen and oxygen atoms in total. The van der Waals surface area contributed by atoms with E-state index in [-0.39, 0.29) is 6.61 Å². The molecule has 0 amide bonds. The minimum atomic E-state index is -4.30. The van der Waals surface area contributed by atoms with Gasteiger partial charge in [0, 0.05) is 0 Å². The van der Waals surface area contributed by atoms with Gasteiger partial charge in [0.1, 0.15) is 0 Å². The van der Waals surface area contributed by atoms with Gasteiger partial charge in [0.2, 0.25) is 0 Å². The number of rotatable bonds is 7. The molecule has 2 N–H and O–H groups in total. The van der Waals surface area contributed by atoms with Gasteiger partial charge < -0.3 is 9.79 Å². The molecule has 0 saturated heterocycles. The number of phosphoric ester groups is 1. The van der Waals surface area contributed by atoms with Crippen LogP contribution >= 0.6 is 7.82 Å². The highest BCUT2D eigenvalue weighted by Crippen LogP contribution is 2.35. The number of phosphoric acid groups is 1. The van der Waals surface area contributed by atoms with Crippen LogP contribution in [0.5, 0.6) is 0 Å². The quantitative estimate of drug-likeness (QED) is 0.513. The molecular weight excluding hydrogens is 203 g/mol. The van der Waals surface area contributed by atoms with Gasteiger partial charge in [-0.3, -0.25) is 4.52 Å². The van der Waals surface area contributed by atoms with E-state index in [1.165, 1.54) is 5.57 Å². The van der Waals surface area contributed by atoms with Crippen LogP contribution in [-0.2, 0) is 9.09 Å². The number of hydrogen-bond donors (Lipinski definition) is 2. The lowest BCUT2D eigenvalue weighted by Gasteiger charge is -2.05. The Kier molecular flexibility index (Phi) is 7.11. The highest BCUT2D eigenvalue weighted by Gasteiger charge is 2.11. The van der Waals surface area contributed by atoms with Gasteiger partial charge in [0.25, 0.3) is 0 Å². The van der Waals surface area contributed by atoms with Crippen LogP contribution < -0.4 is 0 Å². The van der Waals surface area contributed by atoms with E-state index in [1.54, 1.807) is 6.08 Å². The van der Waals surface area contributed by atoms with Crippen LogP contribution in [0.4, 0.5) is 0 Å². The summed E-state index contributed by atoms with van der Waals surface area (Å²) in [6.07, 6.45) is 5.80. The van der Waals surface area contributed by atoms with Gasteiger partial charge in [-0.05, 0) is 12.8 Å². The summed E-state index contributed by atoms with van der Waals surface area (Å²) in [6.45, 7) is 4.15. The smallest absolute Gasteiger partial charge is 0.303 e. The maximum atomic E-state index is 10.4. The molecule has 0 fully saturated rings. The van der Waals surface area contributed by atoms with Crippen molar-refractivity contribution in [3.8, 4) is 0 Å². The van der Waals surface area contributed by atoms with Gasteiger partial charge >= 0.3 is 7.82 Å². The molecule has 0 heterocycles. The van der Waals surface area contributed by atoms with Crippen LogP contribution in [0.15, 0.2) is 11.6 Å². The Morgan fingerprint density at radius 3 is 2.14 bits per heavy atom. The maximum Gasteiger partial charge on any atom is 0.469 e. The normalized spacial score (nSPS) is 11.4. The van der Waals surface area contributed by atoms with Crippen molar-refractivity contribution in [3.05, 3.63) is 11.6 Å². The van der Waals surface area contributed by atoms with Gasteiger partial charge in [-0.2, -0.15) is 0 Å².